The molecule has 148 valence electrons. The van der Waals surface area contributed by atoms with E-state index >= 15 is 0 Å². The maximum Gasteiger partial charge on any atom is 0.271 e. The number of nitrogens with one attached hydrogen (secondary N) is 2. The lowest BCUT2D eigenvalue weighted by molar-refractivity contribution is -0.384. The molecule has 2 aromatic rings. The summed E-state index contributed by atoms with van der Waals surface area (Å²) in [6, 6.07) is 15.0. The molecule has 0 aromatic heterocycles. The van der Waals surface area contributed by atoms with Gasteiger partial charge in [-0.25, -0.2) is 0 Å². The molecule has 2 N–H and O–H groups in total. The molecule has 3 rings (SSSR count). The molecule has 0 spiro atoms. The van der Waals surface area contributed by atoms with Crippen LogP contribution in [-0.4, -0.2) is 32.9 Å². The Hall–Kier alpha value is -3.53. The van der Waals surface area contributed by atoms with Gasteiger partial charge in [-0.05, 0) is 18.6 Å². The number of anilines is 1. The van der Waals surface area contributed by atoms with E-state index in [0.717, 1.165) is 17.3 Å². The zero-order valence-electron chi connectivity index (χ0n) is 15.4. The van der Waals surface area contributed by atoms with Gasteiger partial charge in [-0.3, -0.25) is 19.7 Å². The van der Waals surface area contributed by atoms with Gasteiger partial charge in [0.2, 0.25) is 11.8 Å². The Morgan fingerprint density at radius 1 is 1.24 bits per heavy atom. The lowest BCUT2D eigenvalue weighted by Crippen LogP contribution is -2.41. The molecule has 2 amide bonds. The molecule has 0 radical (unpaired) electrons. The van der Waals surface area contributed by atoms with Crippen LogP contribution in [0.4, 0.5) is 11.4 Å². The van der Waals surface area contributed by atoms with Crippen molar-refractivity contribution in [3.8, 4) is 0 Å². The van der Waals surface area contributed by atoms with Gasteiger partial charge in [0.1, 0.15) is 5.25 Å². The third kappa shape index (κ3) is 5.48. The lowest BCUT2D eigenvalue weighted by Gasteiger charge is -2.21. The van der Waals surface area contributed by atoms with E-state index in [1.807, 2.05) is 30.3 Å². The van der Waals surface area contributed by atoms with Gasteiger partial charge in [0, 0.05) is 24.2 Å². The fraction of sp³-hybridized carbons (Fsp3) is 0.158. The van der Waals surface area contributed by atoms with Crippen molar-refractivity contribution >= 4 is 45.8 Å². The number of benzene rings is 2. The van der Waals surface area contributed by atoms with Crippen molar-refractivity contribution in [3.63, 3.8) is 0 Å². The van der Waals surface area contributed by atoms with Crippen molar-refractivity contribution in [2.75, 3.05) is 5.32 Å². The third-order valence-corrected chi connectivity index (χ3v) is 5.04. The molecule has 1 saturated heterocycles. The highest BCUT2D eigenvalue weighted by molar-refractivity contribution is 8.15. The quantitative estimate of drug-likeness (QED) is 0.444. The van der Waals surface area contributed by atoms with Gasteiger partial charge in [0.25, 0.3) is 5.69 Å². The van der Waals surface area contributed by atoms with Crippen molar-refractivity contribution in [1.29, 1.82) is 0 Å². The van der Waals surface area contributed by atoms with Crippen LogP contribution in [0.1, 0.15) is 18.9 Å². The van der Waals surface area contributed by atoms with Crippen LogP contribution >= 0.6 is 11.8 Å². The number of nitrogens with zero attached hydrogens (tertiary/aromatic N) is 3. The van der Waals surface area contributed by atoms with Gasteiger partial charge in [-0.1, -0.05) is 48.2 Å². The second-order valence-electron chi connectivity index (χ2n) is 6.11. The topological polar surface area (TPSA) is 126 Å². The van der Waals surface area contributed by atoms with Crippen LogP contribution in [0.15, 0.2) is 64.8 Å². The Kier molecular flexibility index (Phi) is 6.35. The second-order valence-corrected chi connectivity index (χ2v) is 7.30. The number of amides is 2. The fourth-order valence-corrected chi connectivity index (χ4v) is 3.45. The third-order valence-electron chi connectivity index (χ3n) is 3.97. The van der Waals surface area contributed by atoms with E-state index in [-0.39, 0.29) is 28.9 Å². The minimum absolute atomic E-state index is 0.0359. The molecule has 1 fully saturated rings. The maximum atomic E-state index is 12.5. The number of thioether (sulfide) groups is 1. The van der Waals surface area contributed by atoms with Crippen LogP contribution in [-0.2, 0) is 9.59 Å². The summed E-state index contributed by atoms with van der Waals surface area (Å²) in [6.45, 7) is 1.79. The van der Waals surface area contributed by atoms with Crippen LogP contribution in [0.3, 0.4) is 0 Å². The standard InChI is InChI=1S/C19H17N5O4S/c1-12(13-6-3-2-4-7-13)22-23-19-21-17(25)11-16(29-19)18(26)20-14-8-5-9-15(10-14)24(27)28/h2-10,16H,11H2,1H3,(H,20,26)(H,21,23,25)/b22-12-/t16-/m1/s1. The van der Waals surface area contributed by atoms with Crippen molar-refractivity contribution < 1.29 is 14.5 Å². The van der Waals surface area contributed by atoms with Gasteiger partial charge in [-0.2, -0.15) is 5.10 Å². The van der Waals surface area contributed by atoms with E-state index in [1.54, 1.807) is 13.0 Å². The second kappa shape index (κ2) is 9.11. The Balaban J connectivity index is 1.70. The van der Waals surface area contributed by atoms with Crippen LogP contribution < -0.4 is 10.6 Å². The SMILES string of the molecule is C/C(=N/N=C1\NC(=O)C[C@H](C(=O)Nc2cccc([N+](=O)[O-])c2)S1)c1ccccc1. The Morgan fingerprint density at radius 3 is 2.72 bits per heavy atom. The van der Waals surface area contributed by atoms with Crippen LogP contribution in [0.25, 0.3) is 0 Å². The van der Waals surface area contributed by atoms with Gasteiger partial charge < -0.3 is 10.6 Å². The van der Waals surface area contributed by atoms with Crippen molar-refractivity contribution in [2.24, 2.45) is 10.2 Å². The molecular formula is C19H17N5O4S. The number of hydrogen-bond acceptors (Lipinski definition) is 7. The zero-order chi connectivity index (χ0) is 20.8. The minimum atomic E-state index is -0.728. The molecule has 29 heavy (non-hydrogen) atoms. The van der Waals surface area contributed by atoms with Crippen LogP contribution in [0, 0.1) is 10.1 Å². The zero-order valence-corrected chi connectivity index (χ0v) is 16.2. The number of carbonyl (C=O) groups is 2. The smallest absolute Gasteiger partial charge is 0.271 e. The lowest BCUT2D eigenvalue weighted by atomic mass is 10.1. The first-order valence-electron chi connectivity index (χ1n) is 8.62. The molecule has 0 bridgehead atoms. The number of non-ortho nitro benzene ring substituents is 1. The van der Waals surface area contributed by atoms with Crippen LogP contribution in [0.2, 0.25) is 0 Å². The first-order valence-corrected chi connectivity index (χ1v) is 9.50. The number of nitro groups is 1. The Morgan fingerprint density at radius 2 is 2.00 bits per heavy atom. The van der Waals surface area contributed by atoms with Crippen LogP contribution in [0.5, 0.6) is 0 Å². The molecule has 0 unspecified atom stereocenters. The normalized spacial score (nSPS) is 18.2. The molecule has 0 saturated carbocycles. The molecule has 1 atom stereocenters. The summed E-state index contributed by atoms with van der Waals surface area (Å²) in [5.74, 6) is -0.795. The predicted molar refractivity (Wildman–Crippen MR) is 112 cm³/mol. The first kappa shape index (κ1) is 20.2. The predicted octanol–water partition coefficient (Wildman–Crippen LogP) is 2.94. The first-order chi connectivity index (χ1) is 13.9. The van der Waals surface area contributed by atoms with E-state index in [9.17, 15) is 19.7 Å². The van der Waals surface area contributed by atoms with Gasteiger partial charge in [-0.15, -0.1) is 5.10 Å². The molecule has 10 heteroatoms. The number of nitro benzene ring substituents is 1. The highest BCUT2D eigenvalue weighted by Crippen LogP contribution is 2.24. The van der Waals surface area contributed by atoms with E-state index < -0.39 is 16.1 Å². The molecular weight excluding hydrogens is 394 g/mol. The molecule has 2 aromatic carbocycles. The summed E-state index contributed by atoms with van der Waals surface area (Å²) in [5, 5.41) is 23.7. The van der Waals surface area contributed by atoms with Crippen molar-refractivity contribution in [1.82, 2.24) is 5.32 Å². The molecule has 1 aliphatic rings. The monoisotopic (exact) mass is 411 g/mol. The molecule has 9 nitrogen and oxygen atoms in total. The average molecular weight is 411 g/mol. The van der Waals surface area contributed by atoms with Crippen molar-refractivity contribution in [2.45, 2.75) is 18.6 Å². The summed E-state index contributed by atoms with van der Waals surface area (Å²) >= 11 is 1.08. The number of rotatable bonds is 5. The van der Waals surface area contributed by atoms with Gasteiger partial charge in [0.05, 0.1) is 10.6 Å². The molecule has 1 aliphatic heterocycles. The maximum absolute atomic E-state index is 12.5. The number of hydrogen-bond donors (Lipinski definition) is 2. The average Bonchev–Trinajstić information content (AvgIpc) is 2.72. The largest absolute Gasteiger partial charge is 0.325 e. The Bertz CT molecular complexity index is 1010. The fourth-order valence-electron chi connectivity index (χ4n) is 2.52. The summed E-state index contributed by atoms with van der Waals surface area (Å²) in [7, 11) is 0. The summed E-state index contributed by atoms with van der Waals surface area (Å²) in [6.07, 6.45) is -0.0359. The van der Waals surface area contributed by atoms with E-state index in [4.69, 9.17) is 0 Å². The summed E-state index contributed by atoms with van der Waals surface area (Å²) in [4.78, 5) is 34.8. The highest BCUT2D eigenvalue weighted by atomic mass is 32.2. The number of amidine groups is 1. The Labute approximate surface area is 170 Å². The highest BCUT2D eigenvalue weighted by Gasteiger charge is 2.30. The molecule has 0 aliphatic carbocycles. The summed E-state index contributed by atoms with van der Waals surface area (Å²) < 4.78 is 0. The number of carbonyl (C=O) groups excluding carboxylic acids is 2. The van der Waals surface area contributed by atoms with Crippen molar-refractivity contribution in [3.05, 3.63) is 70.3 Å². The molecule has 1 heterocycles. The summed E-state index contributed by atoms with van der Waals surface area (Å²) in [5.41, 5.74) is 1.71. The van der Waals surface area contributed by atoms with Gasteiger partial charge >= 0.3 is 0 Å². The van der Waals surface area contributed by atoms with Gasteiger partial charge in [0.15, 0.2) is 5.17 Å². The van der Waals surface area contributed by atoms with E-state index in [1.165, 1.54) is 18.2 Å². The van der Waals surface area contributed by atoms with E-state index in [2.05, 4.69) is 20.8 Å². The minimum Gasteiger partial charge on any atom is -0.325 e. The van der Waals surface area contributed by atoms with E-state index in [0.29, 0.717) is 5.71 Å².